The largest absolute Gasteiger partial charge is 0.331 e. The summed E-state index contributed by atoms with van der Waals surface area (Å²) < 4.78 is 2.36. The molecule has 17 heavy (non-hydrogen) atoms. The number of rotatable bonds is 2. The SMILES string of the molecule is NC1CCCn2c1cnc2CC1CCCNC1. The van der Waals surface area contributed by atoms with E-state index in [-0.39, 0.29) is 6.04 Å². The molecule has 4 nitrogen and oxygen atoms in total. The third kappa shape index (κ3) is 2.24. The number of piperidine rings is 1. The quantitative estimate of drug-likeness (QED) is 0.809. The Bertz CT molecular complexity index is 379. The third-order valence-corrected chi connectivity index (χ3v) is 4.12. The molecule has 1 aromatic rings. The summed E-state index contributed by atoms with van der Waals surface area (Å²) in [5.74, 6) is 2.01. The molecule has 2 unspecified atom stereocenters. The number of fused-ring (bicyclic) bond motifs is 1. The van der Waals surface area contributed by atoms with Gasteiger partial charge in [-0.3, -0.25) is 0 Å². The van der Waals surface area contributed by atoms with E-state index in [1.165, 1.54) is 37.3 Å². The molecule has 2 aliphatic rings. The standard InChI is InChI=1S/C13H22N4/c14-11-4-2-6-17-12(11)9-16-13(17)7-10-3-1-5-15-8-10/h9-11,15H,1-8,14H2. The van der Waals surface area contributed by atoms with Crippen molar-refractivity contribution in [1.82, 2.24) is 14.9 Å². The van der Waals surface area contributed by atoms with Crippen molar-refractivity contribution in [3.05, 3.63) is 17.7 Å². The number of nitrogens with one attached hydrogen (secondary N) is 1. The molecular formula is C13H22N4. The van der Waals surface area contributed by atoms with Gasteiger partial charge in [-0.15, -0.1) is 0 Å². The lowest BCUT2D eigenvalue weighted by Gasteiger charge is -2.25. The number of hydrogen-bond donors (Lipinski definition) is 2. The van der Waals surface area contributed by atoms with Gasteiger partial charge in [-0.1, -0.05) is 0 Å². The summed E-state index contributed by atoms with van der Waals surface area (Å²) >= 11 is 0. The third-order valence-electron chi connectivity index (χ3n) is 4.12. The average Bonchev–Trinajstić information content (AvgIpc) is 2.76. The van der Waals surface area contributed by atoms with Crippen molar-refractivity contribution in [2.75, 3.05) is 13.1 Å². The lowest BCUT2D eigenvalue weighted by atomic mass is 9.95. The molecule has 0 saturated carbocycles. The number of imidazole rings is 1. The van der Waals surface area contributed by atoms with Gasteiger partial charge in [-0.25, -0.2) is 4.98 Å². The molecule has 2 atom stereocenters. The first kappa shape index (κ1) is 11.2. The molecule has 1 saturated heterocycles. The summed E-state index contributed by atoms with van der Waals surface area (Å²) in [5, 5.41) is 3.47. The van der Waals surface area contributed by atoms with Crippen LogP contribution in [0, 0.1) is 5.92 Å². The molecule has 0 amide bonds. The van der Waals surface area contributed by atoms with Crippen LogP contribution in [0.3, 0.4) is 0 Å². The maximum atomic E-state index is 6.12. The van der Waals surface area contributed by atoms with E-state index in [1.807, 2.05) is 6.20 Å². The Morgan fingerprint density at radius 2 is 2.35 bits per heavy atom. The first-order valence-corrected chi connectivity index (χ1v) is 6.85. The highest BCUT2D eigenvalue weighted by Gasteiger charge is 2.22. The monoisotopic (exact) mass is 234 g/mol. The van der Waals surface area contributed by atoms with Gasteiger partial charge in [0.2, 0.25) is 0 Å². The van der Waals surface area contributed by atoms with Crippen molar-refractivity contribution in [3.8, 4) is 0 Å². The van der Waals surface area contributed by atoms with E-state index in [0.29, 0.717) is 0 Å². The molecule has 0 aliphatic carbocycles. The van der Waals surface area contributed by atoms with Crippen LogP contribution in [-0.4, -0.2) is 22.6 Å². The van der Waals surface area contributed by atoms with Gasteiger partial charge in [0.25, 0.3) is 0 Å². The van der Waals surface area contributed by atoms with Crippen LogP contribution in [0.15, 0.2) is 6.20 Å². The number of aromatic nitrogens is 2. The maximum Gasteiger partial charge on any atom is 0.109 e. The molecule has 0 bridgehead atoms. The van der Waals surface area contributed by atoms with Crippen molar-refractivity contribution in [2.24, 2.45) is 11.7 Å². The predicted molar refractivity (Wildman–Crippen MR) is 67.7 cm³/mol. The highest BCUT2D eigenvalue weighted by Crippen LogP contribution is 2.25. The molecule has 94 valence electrons. The topological polar surface area (TPSA) is 55.9 Å². The van der Waals surface area contributed by atoms with Crippen LogP contribution >= 0.6 is 0 Å². The van der Waals surface area contributed by atoms with Crippen molar-refractivity contribution in [3.63, 3.8) is 0 Å². The number of nitrogens with two attached hydrogens (primary N) is 1. The average molecular weight is 234 g/mol. The second-order valence-electron chi connectivity index (χ2n) is 5.42. The van der Waals surface area contributed by atoms with Crippen LogP contribution in [0.2, 0.25) is 0 Å². The zero-order valence-corrected chi connectivity index (χ0v) is 10.4. The highest BCUT2D eigenvalue weighted by atomic mass is 15.1. The van der Waals surface area contributed by atoms with Gasteiger partial charge in [0, 0.05) is 19.0 Å². The summed E-state index contributed by atoms with van der Waals surface area (Å²) in [5.41, 5.74) is 7.37. The minimum Gasteiger partial charge on any atom is -0.331 e. The Morgan fingerprint density at radius 3 is 3.18 bits per heavy atom. The lowest BCUT2D eigenvalue weighted by molar-refractivity contribution is 0.360. The van der Waals surface area contributed by atoms with Crippen LogP contribution in [0.1, 0.15) is 43.2 Å². The molecule has 0 aromatic carbocycles. The zero-order chi connectivity index (χ0) is 11.7. The molecule has 0 spiro atoms. The van der Waals surface area contributed by atoms with Gasteiger partial charge < -0.3 is 15.6 Å². The van der Waals surface area contributed by atoms with E-state index < -0.39 is 0 Å². The summed E-state index contributed by atoms with van der Waals surface area (Å²) in [6.45, 7) is 3.44. The van der Waals surface area contributed by atoms with E-state index in [4.69, 9.17) is 5.73 Å². The minimum absolute atomic E-state index is 0.203. The van der Waals surface area contributed by atoms with E-state index in [0.717, 1.165) is 31.8 Å². The Labute approximate surface area is 103 Å². The summed E-state index contributed by atoms with van der Waals surface area (Å²) in [7, 11) is 0. The molecule has 3 heterocycles. The van der Waals surface area contributed by atoms with Crippen molar-refractivity contribution < 1.29 is 0 Å². The smallest absolute Gasteiger partial charge is 0.109 e. The van der Waals surface area contributed by atoms with Gasteiger partial charge in [0.05, 0.1) is 11.9 Å². The fourth-order valence-electron chi connectivity index (χ4n) is 3.12. The van der Waals surface area contributed by atoms with Crippen molar-refractivity contribution in [1.29, 1.82) is 0 Å². The second kappa shape index (κ2) is 4.78. The fourth-order valence-corrected chi connectivity index (χ4v) is 3.12. The van der Waals surface area contributed by atoms with Gasteiger partial charge >= 0.3 is 0 Å². The summed E-state index contributed by atoms with van der Waals surface area (Å²) in [4.78, 5) is 4.60. The maximum absolute atomic E-state index is 6.12. The molecule has 1 aromatic heterocycles. The molecule has 2 aliphatic heterocycles. The molecule has 3 N–H and O–H groups in total. The lowest BCUT2D eigenvalue weighted by Crippen LogP contribution is -2.32. The molecular weight excluding hydrogens is 212 g/mol. The number of hydrogen-bond acceptors (Lipinski definition) is 3. The van der Waals surface area contributed by atoms with Crippen molar-refractivity contribution >= 4 is 0 Å². The fraction of sp³-hybridized carbons (Fsp3) is 0.769. The molecule has 4 heteroatoms. The number of nitrogens with zero attached hydrogens (tertiary/aromatic N) is 2. The Kier molecular flexibility index (Phi) is 3.16. The van der Waals surface area contributed by atoms with Crippen LogP contribution < -0.4 is 11.1 Å². The first-order valence-electron chi connectivity index (χ1n) is 6.85. The normalized spacial score (nSPS) is 29.0. The highest BCUT2D eigenvalue weighted by molar-refractivity contribution is 5.12. The van der Waals surface area contributed by atoms with Gasteiger partial charge in [0.15, 0.2) is 0 Å². The Balaban J connectivity index is 1.74. The van der Waals surface area contributed by atoms with Crippen molar-refractivity contribution in [2.45, 2.75) is 44.7 Å². The van der Waals surface area contributed by atoms with Crippen LogP contribution in [0.5, 0.6) is 0 Å². The Hall–Kier alpha value is -0.870. The van der Waals surface area contributed by atoms with Gasteiger partial charge in [-0.05, 0) is 44.7 Å². The van der Waals surface area contributed by atoms with Crippen LogP contribution in [0.25, 0.3) is 0 Å². The first-order chi connectivity index (χ1) is 8.34. The van der Waals surface area contributed by atoms with E-state index in [2.05, 4.69) is 14.9 Å². The van der Waals surface area contributed by atoms with Gasteiger partial charge in [0.1, 0.15) is 5.82 Å². The van der Waals surface area contributed by atoms with E-state index in [9.17, 15) is 0 Å². The zero-order valence-electron chi connectivity index (χ0n) is 10.4. The molecule has 3 rings (SSSR count). The molecule has 0 radical (unpaired) electrons. The van der Waals surface area contributed by atoms with Crippen LogP contribution in [0.4, 0.5) is 0 Å². The Morgan fingerprint density at radius 1 is 1.41 bits per heavy atom. The predicted octanol–water partition coefficient (Wildman–Crippen LogP) is 1.22. The summed E-state index contributed by atoms with van der Waals surface area (Å²) in [6.07, 6.45) is 8.05. The van der Waals surface area contributed by atoms with E-state index in [1.54, 1.807) is 0 Å². The van der Waals surface area contributed by atoms with Gasteiger partial charge in [-0.2, -0.15) is 0 Å². The minimum atomic E-state index is 0.203. The molecule has 1 fully saturated rings. The van der Waals surface area contributed by atoms with E-state index >= 15 is 0 Å². The second-order valence-corrected chi connectivity index (χ2v) is 5.42. The van der Waals surface area contributed by atoms with Crippen LogP contribution in [-0.2, 0) is 13.0 Å². The summed E-state index contributed by atoms with van der Waals surface area (Å²) in [6, 6.07) is 0.203.